The Morgan fingerprint density at radius 2 is 2.23 bits per heavy atom. The van der Waals surface area contributed by atoms with Crippen LogP contribution < -0.4 is 5.73 Å². The van der Waals surface area contributed by atoms with Gasteiger partial charge in [0, 0.05) is 36.5 Å². The lowest BCUT2D eigenvalue weighted by Crippen LogP contribution is -2.27. The SMILES string of the molecule is C/C(C=N)=C(/N)S(=O)(=O)n1cc2c(n1)CN(C(=O)CCO)C2. The van der Waals surface area contributed by atoms with Crippen molar-refractivity contribution in [3.63, 3.8) is 0 Å². The molecule has 1 aromatic heterocycles. The summed E-state index contributed by atoms with van der Waals surface area (Å²) in [6, 6.07) is 0. The molecule has 2 rings (SSSR count). The average Bonchev–Trinajstić information content (AvgIpc) is 3.04. The predicted octanol–water partition coefficient (Wildman–Crippen LogP) is -0.875. The first kappa shape index (κ1) is 16.2. The van der Waals surface area contributed by atoms with Gasteiger partial charge in [0.15, 0.2) is 5.03 Å². The van der Waals surface area contributed by atoms with Gasteiger partial charge in [0.2, 0.25) is 5.91 Å². The molecule has 10 heteroatoms. The third-order valence-corrected chi connectivity index (χ3v) is 4.92. The van der Waals surface area contributed by atoms with E-state index in [1.165, 1.54) is 18.0 Å². The third-order valence-electron chi connectivity index (χ3n) is 3.37. The minimum Gasteiger partial charge on any atom is -0.396 e. The van der Waals surface area contributed by atoms with Crippen LogP contribution in [0.1, 0.15) is 24.6 Å². The number of rotatable bonds is 5. The highest BCUT2D eigenvalue weighted by molar-refractivity contribution is 7.93. The molecule has 0 unspecified atom stereocenters. The van der Waals surface area contributed by atoms with Gasteiger partial charge in [-0.2, -0.15) is 17.6 Å². The van der Waals surface area contributed by atoms with Crippen molar-refractivity contribution in [1.82, 2.24) is 14.1 Å². The molecule has 1 aliphatic heterocycles. The van der Waals surface area contributed by atoms with Crippen LogP contribution in [0.4, 0.5) is 0 Å². The zero-order valence-corrected chi connectivity index (χ0v) is 12.8. The molecule has 0 saturated heterocycles. The molecule has 9 nitrogen and oxygen atoms in total. The monoisotopic (exact) mass is 327 g/mol. The Morgan fingerprint density at radius 3 is 2.77 bits per heavy atom. The zero-order chi connectivity index (χ0) is 16.5. The summed E-state index contributed by atoms with van der Waals surface area (Å²) in [5.41, 5.74) is 6.78. The molecular formula is C12H17N5O4S. The van der Waals surface area contributed by atoms with Crippen molar-refractivity contribution in [1.29, 1.82) is 5.41 Å². The summed E-state index contributed by atoms with van der Waals surface area (Å²) < 4.78 is 25.3. The van der Waals surface area contributed by atoms with E-state index >= 15 is 0 Å². The Bertz CT molecular complexity index is 726. The lowest BCUT2D eigenvalue weighted by Gasteiger charge is -2.14. The number of fused-ring (bicyclic) bond motifs is 1. The predicted molar refractivity (Wildman–Crippen MR) is 78.2 cm³/mol. The number of nitrogens with two attached hydrogens (primary N) is 1. The average molecular weight is 327 g/mol. The molecule has 1 aliphatic rings. The maximum absolute atomic E-state index is 12.3. The molecule has 0 bridgehead atoms. The summed E-state index contributed by atoms with van der Waals surface area (Å²) in [6.45, 7) is 1.64. The van der Waals surface area contributed by atoms with Crippen molar-refractivity contribution in [2.24, 2.45) is 5.73 Å². The first-order valence-electron chi connectivity index (χ1n) is 6.49. The number of amides is 1. The Labute approximate surface area is 127 Å². The second kappa shape index (κ2) is 5.89. The summed E-state index contributed by atoms with van der Waals surface area (Å²) in [4.78, 5) is 13.2. The first-order valence-corrected chi connectivity index (χ1v) is 7.93. The second-order valence-corrected chi connectivity index (χ2v) is 6.66. The molecule has 0 aliphatic carbocycles. The first-order chi connectivity index (χ1) is 10.3. The van der Waals surface area contributed by atoms with E-state index < -0.39 is 15.1 Å². The molecule has 0 saturated carbocycles. The Kier molecular flexibility index (Phi) is 4.33. The number of aromatic nitrogens is 2. The van der Waals surface area contributed by atoms with Crippen molar-refractivity contribution in [3.05, 3.63) is 28.1 Å². The number of nitrogens with one attached hydrogen (secondary N) is 1. The number of aliphatic hydroxyl groups is 1. The smallest absolute Gasteiger partial charge is 0.298 e. The second-order valence-electron chi connectivity index (χ2n) is 4.89. The van der Waals surface area contributed by atoms with E-state index in [0.29, 0.717) is 11.3 Å². The van der Waals surface area contributed by atoms with Gasteiger partial charge in [-0.15, -0.1) is 0 Å². The summed E-state index contributed by atoms with van der Waals surface area (Å²) in [5, 5.41) is 19.4. The van der Waals surface area contributed by atoms with Gasteiger partial charge in [-0.05, 0) is 6.92 Å². The van der Waals surface area contributed by atoms with Crippen LogP contribution in [0, 0.1) is 5.41 Å². The lowest BCUT2D eigenvalue weighted by molar-refractivity contribution is -0.132. The largest absolute Gasteiger partial charge is 0.396 e. The number of hydrogen-bond donors (Lipinski definition) is 3. The summed E-state index contributed by atoms with van der Waals surface area (Å²) in [7, 11) is -4.01. The zero-order valence-electron chi connectivity index (χ0n) is 12.0. The number of nitrogens with zero attached hydrogens (tertiary/aromatic N) is 3. The van der Waals surface area contributed by atoms with E-state index in [4.69, 9.17) is 16.2 Å². The van der Waals surface area contributed by atoms with Crippen LogP contribution in [0.15, 0.2) is 16.8 Å². The third kappa shape index (κ3) is 2.74. The number of allylic oxidation sites excluding steroid dienone is 1. The Morgan fingerprint density at radius 1 is 1.55 bits per heavy atom. The van der Waals surface area contributed by atoms with Crippen LogP contribution >= 0.6 is 0 Å². The van der Waals surface area contributed by atoms with Crippen LogP contribution in [0.5, 0.6) is 0 Å². The van der Waals surface area contributed by atoms with Crippen LogP contribution in [0.2, 0.25) is 0 Å². The summed E-state index contributed by atoms with van der Waals surface area (Å²) in [5.74, 6) is -0.214. The van der Waals surface area contributed by atoms with Crippen molar-refractivity contribution < 1.29 is 18.3 Å². The topological polar surface area (TPSA) is 142 Å². The molecule has 22 heavy (non-hydrogen) atoms. The Balaban J connectivity index is 2.26. The standard InChI is InChI=1S/C12H17N5O4S/c1-8(4-13)12(14)22(20,21)17-6-9-5-16(7-10(9)15-17)11(19)2-3-18/h4,6,13,18H,2-3,5,7,14H2,1H3/b12-8+,13-4?. The fourth-order valence-electron chi connectivity index (χ4n) is 2.06. The van der Waals surface area contributed by atoms with Gasteiger partial charge >= 0.3 is 0 Å². The van der Waals surface area contributed by atoms with E-state index in [1.54, 1.807) is 0 Å². The van der Waals surface area contributed by atoms with Gasteiger partial charge in [-0.3, -0.25) is 4.79 Å². The maximum atomic E-state index is 12.3. The van der Waals surface area contributed by atoms with E-state index in [-0.39, 0.29) is 37.6 Å². The summed E-state index contributed by atoms with van der Waals surface area (Å²) >= 11 is 0. The van der Waals surface area contributed by atoms with E-state index in [1.807, 2.05) is 0 Å². The molecule has 4 N–H and O–H groups in total. The molecule has 120 valence electrons. The fraction of sp³-hybridized carbons (Fsp3) is 0.417. The maximum Gasteiger partial charge on any atom is 0.298 e. The molecule has 1 amide bonds. The normalized spacial score (nSPS) is 15.5. The highest BCUT2D eigenvalue weighted by Gasteiger charge is 2.29. The molecule has 0 radical (unpaired) electrons. The molecule has 2 heterocycles. The minimum absolute atomic E-state index is 0.0246. The number of carbonyl (C=O) groups excluding carboxylic acids is 1. The van der Waals surface area contributed by atoms with Crippen molar-refractivity contribution in [3.8, 4) is 0 Å². The number of aliphatic hydroxyl groups excluding tert-OH is 1. The van der Waals surface area contributed by atoms with E-state index in [2.05, 4.69) is 5.10 Å². The quantitative estimate of drug-likeness (QED) is 0.600. The Hall–Kier alpha value is -2.20. The molecule has 0 aromatic carbocycles. The highest BCUT2D eigenvalue weighted by Crippen LogP contribution is 2.23. The highest BCUT2D eigenvalue weighted by atomic mass is 32.2. The van der Waals surface area contributed by atoms with Crippen molar-refractivity contribution >= 4 is 22.1 Å². The summed E-state index contributed by atoms with van der Waals surface area (Å²) in [6.07, 6.45) is 2.21. The van der Waals surface area contributed by atoms with Crippen LogP contribution in [0.25, 0.3) is 0 Å². The van der Waals surface area contributed by atoms with Gasteiger partial charge in [0.1, 0.15) is 0 Å². The molecular weight excluding hydrogens is 310 g/mol. The van der Waals surface area contributed by atoms with Gasteiger partial charge in [-0.25, -0.2) is 0 Å². The van der Waals surface area contributed by atoms with E-state index in [0.717, 1.165) is 10.3 Å². The molecule has 0 atom stereocenters. The fourth-order valence-corrected chi connectivity index (χ4v) is 3.20. The van der Waals surface area contributed by atoms with Crippen molar-refractivity contribution in [2.75, 3.05) is 6.61 Å². The van der Waals surface area contributed by atoms with Gasteiger partial charge in [0.05, 0.1) is 18.8 Å². The molecule has 0 spiro atoms. The lowest BCUT2D eigenvalue weighted by atomic mass is 10.3. The molecule has 1 aromatic rings. The molecule has 0 fully saturated rings. The number of hydrogen-bond acceptors (Lipinski definition) is 7. The number of carbonyl (C=O) groups is 1. The minimum atomic E-state index is -4.01. The van der Waals surface area contributed by atoms with Gasteiger partial charge in [-0.1, -0.05) is 0 Å². The van der Waals surface area contributed by atoms with Gasteiger partial charge < -0.3 is 21.1 Å². The van der Waals surface area contributed by atoms with Crippen LogP contribution in [-0.2, 0) is 27.9 Å². The van der Waals surface area contributed by atoms with Crippen LogP contribution in [-0.4, -0.2) is 46.3 Å². The van der Waals surface area contributed by atoms with Gasteiger partial charge in [0.25, 0.3) is 10.0 Å². The van der Waals surface area contributed by atoms with Crippen LogP contribution in [0.3, 0.4) is 0 Å². The van der Waals surface area contributed by atoms with Crippen molar-refractivity contribution in [2.45, 2.75) is 26.4 Å². The van der Waals surface area contributed by atoms with E-state index in [9.17, 15) is 13.2 Å².